The zero-order valence-corrected chi connectivity index (χ0v) is 13.2. The lowest BCUT2D eigenvalue weighted by Gasteiger charge is -2.06. The van der Waals surface area contributed by atoms with Gasteiger partial charge in [0.2, 0.25) is 0 Å². The van der Waals surface area contributed by atoms with Crippen molar-refractivity contribution in [3.63, 3.8) is 0 Å². The Balaban J connectivity index is 2.45. The van der Waals surface area contributed by atoms with Gasteiger partial charge in [-0.3, -0.25) is 4.98 Å². The van der Waals surface area contributed by atoms with Crippen LogP contribution in [-0.4, -0.2) is 27.8 Å². The number of aromatic nitrogens is 3. The van der Waals surface area contributed by atoms with Crippen molar-refractivity contribution in [2.45, 2.75) is 19.9 Å². The summed E-state index contributed by atoms with van der Waals surface area (Å²) in [7, 11) is 1.29. The van der Waals surface area contributed by atoms with Crippen molar-refractivity contribution in [2.24, 2.45) is 0 Å². The minimum atomic E-state index is -0.523. The van der Waals surface area contributed by atoms with Crippen LogP contribution in [0.15, 0.2) is 24.9 Å². The van der Waals surface area contributed by atoms with Crippen LogP contribution in [0.1, 0.15) is 31.0 Å². The van der Waals surface area contributed by atoms with Gasteiger partial charge in [-0.2, -0.15) is 10.4 Å². The quantitative estimate of drug-likeness (QED) is 0.685. The summed E-state index contributed by atoms with van der Waals surface area (Å²) in [6.45, 7) is 7.51. The Bertz CT molecular complexity index is 797. The summed E-state index contributed by atoms with van der Waals surface area (Å²) in [5, 5.41) is 13.7. The molecule has 0 bridgehead atoms. The van der Waals surface area contributed by atoms with E-state index in [1.165, 1.54) is 13.3 Å². The molecule has 0 saturated heterocycles. The van der Waals surface area contributed by atoms with Crippen molar-refractivity contribution < 1.29 is 9.53 Å². The Morgan fingerprint density at radius 2 is 2.17 bits per heavy atom. The molecule has 0 saturated carbocycles. The molecule has 2 N–H and O–H groups in total. The van der Waals surface area contributed by atoms with Crippen LogP contribution in [0.3, 0.4) is 0 Å². The Hall–Kier alpha value is -3.14. The van der Waals surface area contributed by atoms with Gasteiger partial charge in [0.05, 0.1) is 18.4 Å². The van der Waals surface area contributed by atoms with Crippen LogP contribution < -0.4 is 5.73 Å². The molecule has 0 atom stereocenters. The molecule has 0 aliphatic rings. The molecular formula is C16H17N5O2. The van der Waals surface area contributed by atoms with Crippen LogP contribution in [0.25, 0.3) is 17.0 Å². The molecule has 0 radical (unpaired) electrons. The monoisotopic (exact) mass is 311 g/mol. The summed E-state index contributed by atoms with van der Waals surface area (Å²) in [5.74, 6) is -0.215. The lowest BCUT2D eigenvalue weighted by atomic mass is 10.1. The van der Waals surface area contributed by atoms with E-state index < -0.39 is 5.97 Å². The SMILES string of the molecule is C=C(C(=O)OC)c1ccc(-c2nn(C(C)C)c(N)c2C#N)nc1. The van der Waals surface area contributed by atoms with Gasteiger partial charge in [0, 0.05) is 17.8 Å². The zero-order chi connectivity index (χ0) is 17.1. The summed E-state index contributed by atoms with van der Waals surface area (Å²) in [4.78, 5) is 15.7. The highest BCUT2D eigenvalue weighted by Gasteiger charge is 2.19. The number of nitrogens with zero attached hydrogens (tertiary/aromatic N) is 4. The molecule has 23 heavy (non-hydrogen) atoms. The molecule has 0 aromatic carbocycles. The fourth-order valence-corrected chi connectivity index (χ4v) is 2.08. The van der Waals surface area contributed by atoms with Crippen LogP contribution in [0.4, 0.5) is 5.82 Å². The van der Waals surface area contributed by atoms with Gasteiger partial charge in [-0.25, -0.2) is 9.48 Å². The van der Waals surface area contributed by atoms with E-state index in [-0.39, 0.29) is 17.2 Å². The van der Waals surface area contributed by atoms with Crippen molar-refractivity contribution in [1.29, 1.82) is 5.26 Å². The molecule has 7 heteroatoms. The molecular weight excluding hydrogens is 294 g/mol. The third-order valence-corrected chi connectivity index (χ3v) is 3.33. The first-order valence-corrected chi connectivity index (χ1v) is 6.92. The molecule has 0 aliphatic carbocycles. The highest BCUT2D eigenvalue weighted by Crippen LogP contribution is 2.27. The number of hydrogen-bond acceptors (Lipinski definition) is 6. The van der Waals surface area contributed by atoms with Crippen LogP contribution in [-0.2, 0) is 9.53 Å². The van der Waals surface area contributed by atoms with Crippen molar-refractivity contribution in [2.75, 3.05) is 12.8 Å². The molecule has 2 aromatic rings. The standard InChI is InChI=1S/C16H17N5O2/c1-9(2)21-15(18)12(7-17)14(20-21)13-6-5-11(8-19-13)10(3)16(22)23-4/h5-6,8-9H,3,18H2,1-2,4H3. The van der Waals surface area contributed by atoms with Crippen LogP contribution in [0, 0.1) is 11.3 Å². The predicted octanol–water partition coefficient (Wildman–Crippen LogP) is 2.17. The average Bonchev–Trinajstić information content (AvgIpc) is 2.90. The minimum Gasteiger partial charge on any atom is -0.465 e. The summed E-state index contributed by atoms with van der Waals surface area (Å²) in [5.41, 5.74) is 7.90. The highest BCUT2D eigenvalue weighted by atomic mass is 16.5. The number of nitriles is 1. The summed E-state index contributed by atoms with van der Waals surface area (Å²) < 4.78 is 6.20. The van der Waals surface area contributed by atoms with Crippen LogP contribution in [0.2, 0.25) is 0 Å². The lowest BCUT2D eigenvalue weighted by Crippen LogP contribution is -2.07. The van der Waals surface area contributed by atoms with Gasteiger partial charge >= 0.3 is 5.97 Å². The number of anilines is 1. The number of nitrogens with two attached hydrogens (primary N) is 1. The molecule has 2 rings (SSSR count). The van der Waals surface area contributed by atoms with E-state index in [2.05, 4.69) is 27.5 Å². The number of methoxy groups -OCH3 is 1. The van der Waals surface area contributed by atoms with Crippen molar-refractivity contribution in [3.05, 3.63) is 36.0 Å². The van der Waals surface area contributed by atoms with E-state index >= 15 is 0 Å². The Labute approximate surface area is 134 Å². The van der Waals surface area contributed by atoms with Crippen LogP contribution in [0.5, 0.6) is 0 Å². The number of pyridine rings is 1. The van der Waals surface area contributed by atoms with E-state index in [1.54, 1.807) is 16.8 Å². The number of hydrogen-bond donors (Lipinski definition) is 1. The fraction of sp³-hybridized carbons (Fsp3) is 0.250. The van der Waals surface area contributed by atoms with Crippen molar-refractivity contribution >= 4 is 17.4 Å². The maximum Gasteiger partial charge on any atom is 0.337 e. The third kappa shape index (κ3) is 2.92. The topological polar surface area (TPSA) is 107 Å². The third-order valence-electron chi connectivity index (χ3n) is 3.33. The second-order valence-electron chi connectivity index (χ2n) is 5.16. The zero-order valence-electron chi connectivity index (χ0n) is 13.2. The van der Waals surface area contributed by atoms with Gasteiger partial charge in [-0.05, 0) is 19.9 Å². The minimum absolute atomic E-state index is 0.0224. The fourth-order valence-electron chi connectivity index (χ4n) is 2.08. The van der Waals surface area contributed by atoms with Gasteiger partial charge in [0.15, 0.2) is 0 Å². The number of ether oxygens (including phenoxy) is 1. The molecule has 0 amide bonds. The number of rotatable bonds is 4. The van der Waals surface area contributed by atoms with Crippen LogP contribution >= 0.6 is 0 Å². The summed E-state index contributed by atoms with van der Waals surface area (Å²) in [6, 6.07) is 5.42. The second-order valence-corrected chi connectivity index (χ2v) is 5.16. The molecule has 2 aromatic heterocycles. The van der Waals surface area contributed by atoms with Gasteiger partial charge in [0.1, 0.15) is 23.1 Å². The van der Waals surface area contributed by atoms with Crippen molar-refractivity contribution in [3.8, 4) is 17.5 Å². The first-order valence-electron chi connectivity index (χ1n) is 6.92. The summed E-state index contributed by atoms with van der Waals surface area (Å²) >= 11 is 0. The molecule has 0 aliphatic heterocycles. The van der Waals surface area contributed by atoms with E-state index in [9.17, 15) is 10.1 Å². The summed E-state index contributed by atoms with van der Waals surface area (Å²) in [6.07, 6.45) is 1.49. The molecule has 118 valence electrons. The van der Waals surface area contributed by atoms with Gasteiger partial charge in [0.25, 0.3) is 0 Å². The first kappa shape index (κ1) is 16.2. The number of carbonyl (C=O) groups excluding carboxylic acids is 1. The average molecular weight is 311 g/mol. The Morgan fingerprint density at radius 1 is 1.48 bits per heavy atom. The molecule has 0 unspecified atom stereocenters. The molecule has 0 spiro atoms. The maximum absolute atomic E-state index is 11.5. The van der Waals surface area contributed by atoms with Gasteiger partial charge < -0.3 is 10.5 Å². The van der Waals surface area contributed by atoms with Gasteiger partial charge in [-0.1, -0.05) is 12.6 Å². The van der Waals surface area contributed by atoms with Crippen molar-refractivity contribution in [1.82, 2.24) is 14.8 Å². The predicted molar refractivity (Wildman–Crippen MR) is 86.0 cm³/mol. The molecule has 2 heterocycles. The number of nitrogen functional groups attached to an aromatic ring is 1. The van der Waals surface area contributed by atoms with E-state index in [4.69, 9.17) is 5.73 Å². The molecule has 0 fully saturated rings. The Kier molecular flexibility index (Phi) is 4.46. The smallest absolute Gasteiger partial charge is 0.337 e. The maximum atomic E-state index is 11.5. The first-order chi connectivity index (χ1) is 10.9. The van der Waals surface area contributed by atoms with Gasteiger partial charge in [-0.15, -0.1) is 0 Å². The molecule has 7 nitrogen and oxygen atoms in total. The number of carbonyl (C=O) groups is 1. The highest BCUT2D eigenvalue weighted by molar-refractivity contribution is 6.15. The van der Waals surface area contributed by atoms with E-state index in [1.807, 2.05) is 13.8 Å². The Morgan fingerprint density at radius 3 is 2.65 bits per heavy atom. The van der Waals surface area contributed by atoms with E-state index in [0.29, 0.717) is 22.8 Å². The number of esters is 1. The lowest BCUT2D eigenvalue weighted by molar-refractivity contribution is -0.133. The van der Waals surface area contributed by atoms with E-state index in [0.717, 1.165) is 0 Å². The largest absolute Gasteiger partial charge is 0.465 e. The normalized spacial score (nSPS) is 10.4. The second kappa shape index (κ2) is 6.32.